The lowest BCUT2D eigenvalue weighted by Gasteiger charge is -2.19. The van der Waals surface area contributed by atoms with Crippen LogP contribution in [0.3, 0.4) is 0 Å². The summed E-state index contributed by atoms with van der Waals surface area (Å²) in [7, 11) is 0. The second-order valence-corrected chi connectivity index (χ2v) is 10.4. The molecule has 2 unspecified atom stereocenters. The molecular weight excluding hydrogens is 480 g/mol. The summed E-state index contributed by atoms with van der Waals surface area (Å²) in [6.07, 6.45) is 5.22. The highest BCUT2D eigenvalue weighted by Gasteiger charge is 2.35. The fraction of sp³-hybridized carbons (Fsp3) is 0.308. The first kappa shape index (κ1) is 23.7. The molecule has 2 aromatic heterocycles. The third-order valence-electron chi connectivity index (χ3n) is 6.30. The highest BCUT2D eigenvalue weighted by atomic mass is 32.2. The predicted octanol–water partition coefficient (Wildman–Crippen LogP) is 4.56. The molecule has 0 saturated carbocycles. The first-order valence-corrected chi connectivity index (χ1v) is 12.9. The molecule has 2 aliphatic heterocycles. The van der Waals surface area contributed by atoms with E-state index in [1.807, 2.05) is 56.3 Å². The van der Waals surface area contributed by atoms with Gasteiger partial charge in [-0.25, -0.2) is 4.98 Å². The van der Waals surface area contributed by atoms with Crippen LogP contribution in [0.5, 0.6) is 0 Å². The van der Waals surface area contributed by atoms with E-state index in [9.17, 15) is 9.59 Å². The molecule has 0 aliphatic carbocycles. The Kier molecular flexibility index (Phi) is 6.73. The summed E-state index contributed by atoms with van der Waals surface area (Å²) in [5, 5.41) is 3.40. The number of nitrogens with zero attached hydrogens (tertiary/aromatic N) is 3. The number of fused-ring (bicyclic) bond motifs is 1. The maximum absolute atomic E-state index is 13.6. The first-order chi connectivity index (χ1) is 16.9. The van der Waals surface area contributed by atoms with E-state index in [4.69, 9.17) is 21.9 Å². The van der Waals surface area contributed by atoms with Gasteiger partial charge in [0.05, 0.1) is 23.1 Å². The van der Waals surface area contributed by atoms with E-state index >= 15 is 0 Å². The topological polar surface area (TPSA) is 75.9 Å². The summed E-state index contributed by atoms with van der Waals surface area (Å²) >= 11 is 6.71. The van der Waals surface area contributed by atoms with Crippen molar-refractivity contribution in [3.63, 3.8) is 0 Å². The van der Waals surface area contributed by atoms with Crippen LogP contribution in [0.4, 0.5) is 5.82 Å². The van der Waals surface area contributed by atoms with Crippen molar-refractivity contribution in [2.75, 3.05) is 18.5 Å². The van der Waals surface area contributed by atoms with Gasteiger partial charge in [-0.3, -0.25) is 18.9 Å². The highest BCUT2D eigenvalue weighted by molar-refractivity contribution is 8.26. The quantitative estimate of drug-likeness (QED) is 0.388. The summed E-state index contributed by atoms with van der Waals surface area (Å²) in [5.41, 5.74) is 2.60. The van der Waals surface area contributed by atoms with Crippen LogP contribution in [0.15, 0.2) is 58.4 Å². The Bertz CT molecular complexity index is 1380. The summed E-state index contributed by atoms with van der Waals surface area (Å²) in [5.74, 6) is 0.233. The van der Waals surface area contributed by atoms with E-state index < -0.39 is 0 Å². The number of anilines is 1. The van der Waals surface area contributed by atoms with E-state index in [0.717, 1.165) is 24.0 Å². The van der Waals surface area contributed by atoms with E-state index in [1.165, 1.54) is 16.2 Å². The molecule has 2 aliphatic rings. The first-order valence-electron chi connectivity index (χ1n) is 11.6. The molecule has 2 fully saturated rings. The van der Waals surface area contributed by atoms with Gasteiger partial charge in [0, 0.05) is 18.8 Å². The lowest BCUT2D eigenvalue weighted by atomic mass is 10.1. The molecule has 1 aromatic carbocycles. The largest absolute Gasteiger partial charge is 0.376 e. The lowest BCUT2D eigenvalue weighted by molar-refractivity contribution is -0.123. The van der Waals surface area contributed by atoms with Gasteiger partial charge in [-0.2, -0.15) is 0 Å². The van der Waals surface area contributed by atoms with Crippen molar-refractivity contribution < 1.29 is 9.53 Å². The zero-order valence-electron chi connectivity index (χ0n) is 19.6. The maximum atomic E-state index is 13.6. The van der Waals surface area contributed by atoms with Crippen LogP contribution in [-0.2, 0) is 9.53 Å². The highest BCUT2D eigenvalue weighted by Crippen LogP contribution is 2.34. The Labute approximate surface area is 213 Å². The van der Waals surface area contributed by atoms with Gasteiger partial charge in [0.1, 0.15) is 15.8 Å². The summed E-state index contributed by atoms with van der Waals surface area (Å²) < 4.78 is 7.69. The van der Waals surface area contributed by atoms with Gasteiger partial charge in [-0.1, -0.05) is 60.4 Å². The number of carbonyl (C=O) groups excluding carboxylic acids is 1. The standard InChI is InChI=1S/C26H26N4O3S2/c1-16-8-6-12-29-23(16)28-22(27-17(2)18-9-4-3-5-10-18)20(24(29)31)14-21-25(32)30(26(34)35-21)15-19-11-7-13-33-19/h3-6,8-10,12,14,17,19,27H,7,11,13,15H2,1-2H3/b21-14+. The van der Waals surface area contributed by atoms with Gasteiger partial charge >= 0.3 is 0 Å². The maximum Gasteiger partial charge on any atom is 0.267 e. The van der Waals surface area contributed by atoms with Crippen LogP contribution in [0.25, 0.3) is 11.7 Å². The minimum absolute atomic E-state index is 0.00302. The molecule has 1 amide bonds. The minimum atomic E-state index is -0.245. The third kappa shape index (κ3) is 4.76. The van der Waals surface area contributed by atoms with Gasteiger partial charge in [-0.05, 0) is 50.0 Å². The molecule has 1 N–H and O–H groups in total. The second-order valence-electron chi connectivity index (χ2n) is 8.77. The molecule has 5 rings (SSSR count). The fourth-order valence-electron chi connectivity index (χ4n) is 4.36. The number of aromatic nitrogens is 2. The molecule has 9 heteroatoms. The van der Waals surface area contributed by atoms with Crippen molar-refractivity contribution in [1.29, 1.82) is 0 Å². The molecule has 7 nitrogen and oxygen atoms in total. The lowest BCUT2D eigenvalue weighted by Crippen LogP contribution is -2.35. The smallest absolute Gasteiger partial charge is 0.267 e. The number of aryl methyl sites for hydroxylation is 1. The van der Waals surface area contributed by atoms with Crippen LogP contribution in [0, 0.1) is 6.92 Å². The summed E-state index contributed by atoms with van der Waals surface area (Å²) in [4.78, 5) is 33.6. The van der Waals surface area contributed by atoms with E-state index in [1.54, 1.807) is 17.2 Å². The molecule has 0 spiro atoms. The Morgan fingerprint density at radius 3 is 2.80 bits per heavy atom. The Morgan fingerprint density at radius 2 is 2.06 bits per heavy atom. The van der Waals surface area contributed by atoms with Crippen molar-refractivity contribution in [3.8, 4) is 0 Å². The summed E-state index contributed by atoms with van der Waals surface area (Å²) in [6, 6.07) is 13.6. The zero-order valence-corrected chi connectivity index (χ0v) is 21.2. The zero-order chi connectivity index (χ0) is 24.5. The number of benzene rings is 1. The number of ether oxygens (including phenoxy) is 1. The average molecular weight is 507 g/mol. The van der Waals surface area contributed by atoms with Crippen molar-refractivity contribution in [2.24, 2.45) is 0 Å². The number of hydrogen-bond donors (Lipinski definition) is 1. The second kappa shape index (κ2) is 9.93. The SMILES string of the molecule is Cc1cccn2c(=O)c(/C=C3/SC(=S)N(CC4CCCO4)C3=O)c(NC(C)c3ccccc3)nc12. The van der Waals surface area contributed by atoms with Gasteiger partial charge in [-0.15, -0.1) is 0 Å². The van der Waals surface area contributed by atoms with Gasteiger partial charge < -0.3 is 10.1 Å². The van der Waals surface area contributed by atoms with Crippen molar-refractivity contribution in [1.82, 2.24) is 14.3 Å². The van der Waals surface area contributed by atoms with Crippen molar-refractivity contribution in [3.05, 3.63) is 80.6 Å². The molecule has 35 heavy (non-hydrogen) atoms. The number of amides is 1. The number of rotatable bonds is 6. The Hall–Kier alpha value is -3.01. The number of carbonyl (C=O) groups is 1. The third-order valence-corrected chi connectivity index (χ3v) is 7.67. The van der Waals surface area contributed by atoms with Crippen molar-refractivity contribution in [2.45, 2.75) is 38.8 Å². The van der Waals surface area contributed by atoms with Gasteiger partial charge in [0.25, 0.3) is 11.5 Å². The minimum Gasteiger partial charge on any atom is -0.376 e. The molecule has 180 valence electrons. The van der Waals surface area contributed by atoms with E-state index in [0.29, 0.717) is 39.4 Å². The fourth-order valence-corrected chi connectivity index (χ4v) is 5.62. The molecular formula is C26H26N4O3S2. The summed E-state index contributed by atoms with van der Waals surface area (Å²) in [6.45, 7) is 5.08. The molecule has 0 radical (unpaired) electrons. The Balaban J connectivity index is 1.55. The number of nitrogens with one attached hydrogen (secondary N) is 1. The Morgan fingerprint density at radius 1 is 1.26 bits per heavy atom. The van der Waals surface area contributed by atoms with Gasteiger partial charge in [0.2, 0.25) is 0 Å². The molecule has 3 aromatic rings. The number of pyridine rings is 1. The van der Waals surface area contributed by atoms with Crippen molar-refractivity contribution >= 4 is 51.7 Å². The number of thiocarbonyl (C=S) groups is 1. The molecule has 4 heterocycles. The molecule has 2 saturated heterocycles. The molecule has 2 atom stereocenters. The van der Waals surface area contributed by atoms with Crippen LogP contribution in [0.1, 0.15) is 42.5 Å². The van der Waals surface area contributed by atoms with Gasteiger partial charge in [0.15, 0.2) is 0 Å². The van der Waals surface area contributed by atoms with Crippen LogP contribution in [-0.4, -0.2) is 43.8 Å². The van der Waals surface area contributed by atoms with Crippen LogP contribution >= 0.6 is 24.0 Å². The monoisotopic (exact) mass is 506 g/mol. The van der Waals surface area contributed by atoms with Crippen LogP contribution < -0.4 is 10.9 Å². The normalized spacial score (nSPS) is 20.2. The number of thioether (sulfide) groups is 1. The van der Waals surface area contributed by atoms with E-state index in [2.05, 4.69) is 5.32 Å². The van der Waals surface area contributed by atoms with E-state index in [-0.39, 0.29) is 23.6 Å². The predicted molar refractivity (Wildman–Crippen MR) is 144 cm³/mol. The van der Waals surface area contributed by atoms with Crippen LogP contribution in [0.2, 0.25) is 0 Å². The average Bonchev–Trinajstić information content (AvgIpc) is 3.46. The molecule has 0 bridgehead atoms. The number of hydrogen-bond acceptors (Lipinski definition) is 7.